The van der Waals surface area contributed by atoms with E-state index in [2.05, 4.69) is 0 Å². The Morgan fingerprint density at radius 1 is 1.47 bits per heavy atom. The fourth-order valence-electron chi connectivity index (χ4n) is 2.58. The van der Waals surface area contributed by atoms with Crippen LogP contribution in [0.4, 0.5) is 8.78 Å². The Hall–Kier alpha value is -1.49. The highest BCUT2D eigenvalue weighted by Crippen LogP contribution is 2.28. The van der Waals surface area contributed by atoms with Crippen molar-refractivity contribution in [1.29, 1.82) is 0 Å². The molecule has 0 aromatic heterocycles. The average Bonchev–Trinajstić information content (AvgIpc) is 2.76. The Bertz CT molecular complexity index is 492. The number of nitrogens with two attached hydrogens (primary N) is 1. The van der Waals surface area contributed by atoms with Crippen LogP contribution in [0.15, 0.2) is 18.2 Å². The Labute approximate surface area is 111 Å². The van der Waals surface area contributed by atoms with Crippen LogP contribution in [0, 0.1) is 11.6 Å². The Balaban J connectivity index is 2.13. The van der Waals surface area contributed by atoms with Crippen molar-refractivity contribution in [3.05, 3.63) is 35.4 Å². The van der Waals surface area contributed by atoms with E-state index < -0.39 is 11.6 Å². The van der Waals surface area contributed by atoms with Gasteiger partial charge in [-0.15, -0.1) is 0 Å². The maximum absolute atomic E-state index is 13.5. The highest BCUT2D eigenvalue weighted by Gasteiger charge is 2.38. The maximum atomic E-state index is 13.5. The molecule has 19 heavy (non-hydrogen) atoms. The summed E-state index contributed by atoms with van der Waals surface area (Å²) in [5.74, 6) is -1.47. The van der Waals surface area contributed by atoms with E-state index in [-0.39, 0.29) is 23.4 Å². The van der Waals surface area contributed by atoms with Gasteiger partial charge in [0.1, 0.15) is 11.6 Å². The van der Waals surface area contributed by atoms with Crippen LogP contribution in [-0.4, -0.2) is 29.4 Å². The Kier molecular flexibility index (Phi) is 3.85. The molecule has 0 saturated carbocycles. The molecule has 104 valence electrons. The molecule has 0 aliphatic carbocycles. The molecule has 1 aromatic carbocycles. The average molecular weight is 268 g/mol. The SMILES string of the molecule is CC1(CN)CCCN1C(=O)Cc1ccc(F)cc1F. The van der Waals surface area contributed by atoms with E-state index in [0.717, 1.165) is 25.0 Å². The first-order chi connectivity index (χ1) is 8.96. The van der Waals surface area contributed by atoms with Crippen molar-refractivity contribution < 1.29 is 13.6 Å². The number of hydrogen-bond donors (Lipinski definition) is 1. The Morgan fingerprint density at radius 3 is 2.84 bits per heavy atom. The van der Waals surface area contributed by atoms with E-state index in [4.69, 9.17) is 5.73 Å². The zero-order chi connectivity index (χ0) is 14.0. The third-order valence-electron chi connectivity index (χ3n) is 3.85. The summed E-state index contributed by atoms with van der Waals surface area (Å²) in [5, 5.41) is 0. The quantitative estimate of drug-likeness (QED) is 0.909. The molecule has 1 aliphatic heterocycles. The minimum Gasteiger partial charge on any atom is -0.336 e. The molecule has 1 unspecified atom stereocenters. The van der Waals surface area contributed by atoms with Gasteiger partial charge in [-0.3, -0.25) is 4.79 Å². The molecule has 1 fully saturated rings. The fraction of sp³-hybridized carbons (Fsp3) is 0.500. The van der Waals surface area contributed by atoms with Crippen molar-refractivity contribution in [1.82, 2.24) is 4.90 Å². The van der Waals surface area contributed by atoms with E-state index in [9.17, 15) is 13.6 Å². The Morgan fingerprint density at radius 2 is 2.21 bits per heavy atom. The summed E-state index contributed by atoms with van der Waals surface area (Å²) in [4.78, 5) is 14.0. The van der Waals surface area contributed by atoms with E-state index in [1.807, 2.05) is 6.92 Å². The fourth-order valence-corrected chi connectivity index (χ4v) is 2.58. The van der Waals surface area contributed by atoms with E-state index >= 15 is 0 Å². The summed E-state index contributed by atoms with van der Waals surface area (Å²) in [6.45, 7) is 2.99. The number of carbonyl (C=O) groups is 1. The molecular formula is C14H18F2N2O. The van der Waals surface area contributed by atoms with Gasteiger partial charge in [0.15, 0.2) is 0 Å². The van der Waals surface area contributed by atoms with Crippen molar-refractivity contribution >= 4 is 5.91 Å². The summed E-state index contributed by atoms with van der Waals surface area (Å²) in [6.07, 6.45) is 1.72. The lowest BCUT2D eigenvalue weighted by atomic mass is 9.98. The van der Waals surface area contributed by atoms with E-state index in [1.54, 1.807) is 4.90 Å². The second-order valence-electron chi connectivity index (χ2n) is 5.26. The van der Waals surface area contributed by atoms with Crippen LogP contribution in [0.25, 0.3) is 0 Å². The van der Waals surface area contributed by atoms with Crippen molar-refractivity contribution in [2.45, 2.75) is 31.7 Å². The van der Waals surface area contributed by atoms with Gasteiger partial charge >= 0.3 is 0 Å². The van der Waals surface area contributed by atoms with Gasteiger partial charge in [0.2, 0.25) is 5.91 Å². The molecule has 1 amide bonds. The molecule has 1 atom stereocenters. The first-order valence-electron chi connectivity index (χ1n) is 6.41. The van der Waals surface area contributed by atoms with Crippen LogP contribution in [0.3, 0.4) is 0 Å². The minimum absolute atomic E-state index is 0.0539. The largest absolute Gasteiger partial charge is 0.336 e. The summed E-state index contributed by atoms with van der Waals surface area (Å²) >= 11 is 0. The van der Waals surface area contributed by atoms with E-state index in [1.165, 1.54) is 6.07 Å². The normalized spacial score (nSPS) is 22.8. The third kappa shape index (κ3) is 2.76. The van der Waals surface area contributed by atoms with Crippen molar-refractivity contribution in [3.63, 3.8) is 0 Å². The highest BCUT2D eigenvalue weighted by atomic mass is 19.1. The van der Waals surface area contributed by atoms with Crippen LogP contribution >= 0.6 is 0 Å². The van der Waals surface area contributed by atoms with Gasteiger partial charge in [-0.2, -0.15) is 0 Å². The lowest BCUT2D eigenvalue weighted by molar-refractivity contribution is -0.133. The number of likely N-dealkylation sites (tertiary alicyclic amines) is 1. The van der Waals surface area contributed by atoms with Crippen LogP contribution in [0.1, 0.15) is 25.3 Å². The standard InChI is InChI=1S/C14H18F2N2O/c1-14(9-17)5-2-6-18(14)13(19)7-10-3-4-11(15)8-12(10)16/h3-4,8H,2,5-7,9,17H2,1H3. The number of nitrogens with zero attached hydrogens (tertiary/aromatic N) is 1. The maximum Gasteiger partial charge on any atom is 0.227 e. The molecule has 3 nitrogen and oxygen atoms in total. The van der Waals surface area contributed by atoms with Gasteiger partial charge in [0.25, 0.3) is 0 Å². The number of halogens is 2. The topological polar surface area (TPSA) is 46.3 Å². The number of hydrogen-bond acceptors (Lipinski definition) is 2. The highest BCUT2D eigenvalue weighted by molar-refractivity contribution is 5.80. The number of benzene rings is 1. The number of amides is 1. The zero-order valence-corrected chi connectivity index (χ0v) is 11.0. The molecule has 2 rings (SSSR count). The number of carbonyl (C=O) groups excluding carboxylic acids is 1. The van der Waals surface area contributed by atoms with Crippen LogP contribution in [0.5, 0.6) is 0 Å². The predicted molar refractivity (Wildman–Crippen MR) is 68.5 cm³/mol. The van der Waals surface area contributed by atoms with Gasteiger partial charge in [-0.25, -0.2) is 8.78 Å². The second kappa shape index (κ2) is 5.25. The minimum atomic E-state index is -0.679. The van der Waals surface area contributed by atoms with Crippen LogP contribution in [0.2, 0.25) is 0 Å². The molecule has 0 radical (unpaired) electrons. The number of rotatable bonds is 3. The molecule has 5 heteroatoms. The van der Waals surface area contributed by atoms with Crippen molar-refractivity contribution in [2.75, 3.05) is 13.1 Å². The lowest BCUT2D eigenvalue weighted by Gasteiger charge is -2.34. The molecule has 1 saturated heterocycles. The molecular weight excluding hydrogens is 250 g/mol. The van der Waals surface area contributed by atoms with Gasteiger partial charge < -0.3 is 10.6 Å². The zero-order valence-electron chi connectivity index (χ0n) is 11.0. The van der Waals surface area contributed by atoms with Gasteiger partial charge in [-0.05, 0) is 31.4 Å². The second-order valence-corrected chi connectivity index (χ2v) is 5.26. The monoisotopic (exact) mass is 268 g/mol. The summed E-state index contributed by atoms with van der Waals surface area (Å²) in [5.41, 5.74) is 5.60. The van der Waals surface area contributed by atoms with Crippen LogP contribution in [-0.2, 0) is 11.2 Å². The molecule has 0 bridgehead atoms. The smallest absolute Gasteiger partial charge is 0.227 e. The van der Waals surface area contributed by atoms with E-state index in [0.29, 0.717) is 13.1 Å². The summed E-state index contributed by atoms with van der Waals surface area (Å²) in [6, 6.07) is 3.28. The van der Waals surface area contributed by atoms with Gasteiger partial charge in [-0.1, -0.05) is 6.07 Å². The van der Waals surface area contributed by atoms with Crippen molar-refractivity contribution in [3.8, 4) is 0 Å². The lowest BCUT2D eigenvalue weighted by Crippen LogP contribution is -2.50. The van der Waals surface area contributed by atoms with Gasteiger partial charge in [0.05, 0.1) is 12.0 Å². The molecule has 1 heterocycles. The summed E-state index contributed by atoms with van der Waals surface area (Å²) < 4.78 is 26.3. The van der Waals surface area contributed by atoms with Crippen molar-refractivity contribution in [2.24, 2.45) is 5.73 Å². The predicted octanol–water partition coefficient (Wildman–Crippen LogP) is 1.85. The first-order valence-corrected chi connectivity index (χ1v) is 6.41. The molecule has 1 aromatic rings. The summed E-state index contributed by atoms with van der Waals surface area (Å²) in [7, 11) is 0. The van der Waals surface area contributed by atoms with Gasteiger partial charge in [0, 0.05) is 19.2 Å². The molecule has 2 N–H and O–H groups in total. The van der Waals surface area contributed by atoms with Crippen LogP contribution < -0.4 is 5.73 Å². The molecule has 1 aliphatic rings. The third-order valence-corrected chi connectivity index (χ3v) is 3.85. The first kappa shape index (κ1) is 13.9. The molecule has 0 spiro atoms.